The average Bonchev–Trinajstić information content (AvgIpc) is 2.01. The molecule has 2 heteroatoms. The van der Waals surface area contributed by atoms with Crippen molar-refractivity contribution in [1.82, 2.24) is 0 Å². The van der Waals surface area contributed by atoms with E-state index in [0.29, 0.717) is 0 Å². The van der Waals surface area contributed by atoms with Crippen LogP contribution in [0.1, 0.15) is 41.5 Å². The van der Waals surface area contributed by atoms with Crippen LogP contribution in [-0.2, 0) is 0 Å². The topological polar surface area (TPSA) is 0 Å². The molecular weight excluding hydrogens is 208 g/mol. The molecule has 0 atom stereocenters. The van der Waals surface area contributed by atoms with Crippen molar-refractivity contribution in [3.05, 3.63) is 0 Å². The quantitative estimate of drug-likeness (QED) is 0.451. The summed E-state index contributed by atoms with van der Waals surface area (Å²) >= 11 is 0. The highest BCUT2D eigenvalue weighted by Gasteiger charge is 2.17. The van der Waals surface area contributed by atoms with Gasteiger partial charge in [-0.15, -0.1) is 0 Å². The highest BCUT2D eigenvalue weighted by Crippen LogP contribution is 2.31. The van der Waals surface area contributed by atoms with Gasteiger partial charge in [-0.05, 0) is 23.7 Å². The molecule has 0 bridgehead atoms. The van der Waals surface area contributed by atoms with Crippen molar-refractivity contribution >= 4 is 21.6 Å². The van der Waals surface area contributed by atoms with Gasteiger partial charge in [-0.25, -0.2) is 0 Å². The Hall–Kier alpha value is 0.700. The van der Waals surface area contributed by atoms with Crippen LogP contribution in [0.15, 0.2) is 0 Å². The first kappa shape index (κ1) is 14.7. The first-order valence-corrected chi connectivity index (χ1v) is 8.18. The van der Waals surface area contributed by atoms with E-state index >= 15 is 0 Å². The SMILES string of the molecule is CC(C)CSSCC(C(C)C)C(C)C. The minimum Gasteiger partial charge on any atom is -0.0939 e. The molecule has 0 amide bonds. The molecule has 0 unspecified atom stereocenters. The van der Waals surface area contributed by atoms with Crippen LogP contribution in [0.2, 0.25) is 0 Å². The number of rotatable bonds is 7. The molecule has 0 spiro atoms. The predicted molar refractivity (Wildman–Crippen MR) is 72.9 cm³/mol. The van der Waals surface area contributed by atoms with E-state index in [1.54, 1.807) is 0 Å². The number of hydrogen-bond donors (Lipinski definition) is 0. The molecule has 0 nitrogen and oxygen atoms in total. The van der Waals surface area contributed by atoms with Crippen molar-refractivity contribution in [3.63, 3.8) is 0 Å². The van der Waals surface area contributed by atoms with Crippen LogP contribution in [0.5, 0.6) is 0 Å². The van der Waals surface area contributed by atoms with Gasteiger partial charge in [0.25, 0.3) is 0 Å². The van der Waals surface area contributed by atoms with E-state index in [9.17, 15) is 0 Å². The lowest BCUT2D eigenvalue weighted by atomic mass is 9.87. The summed E-state index contributed by atoms with van der Waals surface area (Å²) in [5.41, 5.74) is 0. The van der Waals surface area contributed by atoms with Gasteiger partial charge in [0, 0.05) is 11.5 Å². The minimum absolute atomic E-state index is 0.821. The molecule has 0 aliphatic rings. The van der Waals surface area contributed by atoms with Gasteiger partial charge in [0.2, 0.25) is 0 Å². The molecule has 0 aromatic carbocycles. The molecule has 0 fully saturated rings. The molecule has 0 saturated heterocycles. The van der Waals surface area contributed by atoms with Crippen LogP contribution >= 0.6 is 21.6 Å². The zero-order valence-electron chi connectivity index (χ0n) is 10.5. The van der Waals surface area contributed by atoms with E-state index in [1.807, 2.05) is 10.8 Å². The van der Waals surface area contributed by atoms with Crippen molar-refractivity contribution in [2.24, 2.45) is 23.7 Å². The maximum absolute atomic E-state index is 2.35. The smallest absolute Gasteiger partial charge is 0.00702 e. The van der Waals surface area contributed by atoms with Crippen molar-refractivity contribution < 1.29 is 0 Å². The van der Waals surface area contributed by atoms with Gasteiger partial charge < -0.3 is 0 Å². The average molecular weight is 234 g/mol. The molecule has 0 rings (SSSR count). The molecule has 0 aromatic heterocycles. The predicted octanol–water partition coefficient (Wildman–Crippen LogP) is 4.95. The Kier molecular flexibility index (Phi) is 8.32. The molecule has 0 aliphatic carbocycles. The van der Waals surface area contributed by atoms with Crippen LogP contribution in [0, 0.1) is 23.7 Å². The van der Waals surface area contributed by atoms with Gasteiger partial charge in [-0.3, -0.25) is 0 Å². The molecule has 0 heterocycles. The molecular formula is C12H26S2. The van der Waals surface area contributed by atoms with E-state index in [1.165, 1.54) is 11.5 Å². The molecule has 0 radical (unpaired) electrons. The summed E-state index contributed by atoms with van der Waals surface area (Å²) in [6.07, 6.45) is 0. The van der Waals surface area contributed by atoms with Gasteiger partial charge in [0.05, 0.1) is 0 Å². The number of hydrogen-bond acceptors (Lipinski definition) is 2. The van der Waals surface area contributed by atoms with Gasteiger partial charge in [0.1, 0.15) is 0 Å². The summed E-state index contributed by atoms with van der Waals surface area (Å²) in [4.78, 5) is 0. The Morgan fingerprint density at radius 1 is 0.714 bits per heavy atom. The summed E-state index contributed by atoms with van der Waals surface area (Å²) < 4.78 is 0. The zero-order valence-corrected chi connectivity index (χ0v) is 12.2. The van der Waals surface area contributed by atoms with Gasteiger partial charge >= 0.3 is 0 Å². The highest BCUT2D eigenvalue weighted by atomic mass is 33.1. The second-order valence-corrected chi connectivity index (χ2v) is 7.67. The third-order valence-corrected chi connectivity index (χ3v) is 5.26. The molecule has 0 saturated carbocycles. The summed E-state index contributed by atoms with van der Waals surface area (Å²) in [5.74, 6) is 5.94. The fourth-order valence-corrected chi connectivity index (χ4v) is 4.72. The van der Waals surface area contributed by atoms with Crippen molar-refractivity contribution in [1.29, 1.82) is 0 Å². The monoisotopic (exact) mass is 234 g/mol. The third-order valence-electron chi connectivity index (χ3n) is 2.46. The van der Waals surface area contributed by atoms with E-state index in [2.05, 4.69) is 52.3 Å². The van der Waals surface area contributed by atoms with Gasteiger partial charge in [-0.2, -0.15) is 0 Å². The van der Waals surface area contributed by atoms with Crippen LogP contribution in [0.4, 0.5) is 0 Å². The molecule has 86 valence electrons. The normalized spacial score (nSPS) is 12.4. The molecule has 0 aliphatic heterocycles. The van der Waals surface area contributed by atoms with Crippen molar-refractivity contribution in [2.45, 2.75) is 41.5 Å². The zero-order chi connectivity index (χ0) is 11.1. The Labute approximate surface area is 98.4 Å². The lowest BCUT2D eigenvalue weighted by molar-refractivity contribution is 0.323. The molecule has 0 aromatic rings. The fourth-order valence-electron chi connectivity index (χ4n) is 1.47. The van der Waals surface area contributed by atoms with E-state index < -0.39 is 0 Å². The molecule has 0 N–H and O–H groups in total. The first-order chi connectivity index (χ1) is 6.45. The van der Waals surface area contributed by atoms with E-state index in [-0.39, 0.29) is 0 Å². The van der Waals surface area contributed by atoms with E-state index in [4.69, 9.17) is 0 Å². The Morgan fingerprint density at radius 3 is 1.50 bits per heavy atom. The Bertz CT molecular complexity index is 122. The maximum atomic E-state index is 2.35. The van der Waals surface area contributed by atoms with Crippen molar-refractivity contribution in [2.75, 3.05) is 11.5 Å². The summed E-state index contributed by atoms with van der Waals surface area (Å²) in [6, 6.07) is 0. The largest absolute Gasteiger partial charge is 0.0939 e. The maximum Gasteiger partial charge on any atom is 0.00702 e. The summed E-state index contributed by atoms with van der Waals surface area (Å²) in [6.45, 7) is 14.0. The van der Waals surface area contributed by atoms with E-state index in [0.717, 1.165) is 23.7 Å². The van der Waals surface area contributed by atoms with Crippen molar-refractivity contribution in [3.8, 4) is 0 Å². The van der Waals surface area contributed by atoms with Crippen LogP contribution in [0.25, 0.3) is 0 Å². The Morgan fingerprint density at radius 2 is 1.14 bits per heavy atom. The third kappa shape index (κ3) is 7.05. The standard InChI is InChI=1S/C12H26S2/c1-9(2)7-13-14-8-12(10(3)4)11(5)6/h9-12H,7-8H2,1-6H3. The second-order valence-electron chi connectivity index (χ2n) is 5.11. The lowest BCUT2D eigenvalue weighted by Gasteiger charge is -2.24. The fraction of sp³-hybridized carbons (Fsp3) is 1.00. The first-order valence-electron chi connectivity index (χ1n) is 5.69. The van der Waals surface area contributed by atoms with Gasteiger partial charge in [-0.1, -0.05) is 63.1 Å². The highest BCUT2D eigenvalue weighted by molar-refractivity contribution is 8.76. The van der Waals surface area contributed by atoms with Crippen LogP contribution in [-0.4, -0.2) is 11.5 Å². The molecule has 14 heavy (non-hydrogen) atoms. The Balaban J connectivity index is 3.62. The van der Waals surface area contributed by atoms with Gasteiger partial charge in [0.15, 0.2) is 0 Å². The summed E-state index contributed by atoms with van der Waals surface area (Å²) in [5, 5.41) is 0. The second kappa shape index (κ2) is 7.92. The summed E-state index contributed by atoms with van der Waals surface area (Å²) in [7, 11) is 4.10. The minimum atomic E-state index is 0.821. The van der Waals surface area contributed by atoms with Crippen LogP contribution in [0.3, 0.4) is 0 Å². The lowest BCUT2D eigenvalue weighted by Crippen LogP contribution is -2.17. The van der Waals surface area contributed by atoms with Crippen LogP contribution < -0.4 is 0 Å².